The summed E-state index contributed by atoms with van der Waals surface area (Å²) in [7, 11) is 0. The summed E-state index contributed by atoms with van der Waals surface area (Å²) in [6, 6.07) is 6.02. The van der Waals surface area contributed by atoms with Gasteiger partial charge in [0.15, 0.2) is 0 Å². The van der Waals surface area contributed by atoms with Crippen molar-refractivity contribution in [3.63, 3.8) is 0 Å². The van der Waals surface area contributed by atoms with Gasteiger partial charge in [0.05, 0.1) is 5.69 Å². The summed E-state index contributed by atoms with van der Waals surface area (Å²) >= 11 is 0. The van der Waals surface area contributed by atoms with Gasteiger partial charge >= 0.3 is 0 Å². The molecule has 0 unspecified atom stereocenters. The van der Waals surface area contributed by atoms with E-state index >= 15 is 0 Å². The predicted octanol–water partition coefficient (Wildman–Crippen LogP) is 2.24. The van der Waals surface area contributed by atoms with E-state index in [1.807, 2.05) is 18.2 Å². The molecule has 4 N–H and O–H groups in total. The number of aliphatic imine (C=N–C) groups is 1. The normalized spacial score (nSPS) is 17.2. The van der Waals surface area contributed by atoms with Crippen molar-refractivity contribution in [2.45, 2.75) is 32.7 Å². The number of amidine groups is 1. The van der Waals surface area contributed by atoms with Crippen molar-refractivity contribution >= 4 is 11.5 Å². The predicted molar refractivity (Wildman–Crippen MR) is 67.7 cm³/mol. The molecule has 0 bridgehead atoms. The van der Waals surface area contributed by atoms with E-state index in [2.05, 4.69) is 11.9 Å². The minimum Gasteiger partial charge on any atom is -0.387 e. The van der Waals surface area contributed by atoms with Gasteiger partial charge in [-0.25, -0.2) is 4.99 Å². The highest BCUT2D eigenvalue weighted by atomic mass is 14.9. The smallest absolute Gasteiger partial charge is 0.103 e. The van der Waals surface area contributed by atoms with Crippen molar-refractivity contribution in [1.82, 2.24) is 0 Å². The second-order valence-electron chi connectivity index (χ2n) is 4.43. The fourth-order valence-electron chi connectivity index (χ4n) is 1.95. The highest BCUT2D eigenvalue weighted by molar-refractivity contribution is 5.86. The van der Waals surface area contributed by atoms with Gasteiger partial charge in [-0.05, 0) is 37.0 Å². The standard InChI is InChI=1S/C13H19N3/c1-9-11(8-14)6-3-7-12(9)16-13(15)10-4-2-5-10/h3,6-7,10H,2,4-5,8,14H2,1H3,(H2,15,16). The Morgan fingerprint density at radius 2 is 2.19 bits per heavy atom. The molecule has 0 saturated heterocycles. The van der Waals surface area contributed by atoms with E-state index in [1.165, 1.54) is 19.3 Å². The zero-order valence-electron chi connectivity index (χ0n) is 9.74. The molecule has 1 saturated carbocycles. The third-order valence-corrected chi connectivity index (χ3v) is 3.41. The van der Waals surface area contributed by atoms with E-state index in [0.29, 0.717) is 12.5 Å². The number of rotatable bonds is 3. The highest BCUT2D eigenvalue weighted by Crippen LogP contribution is 2.29. The van der Waals surface area contributed by atoms with Crippen LogP contribution in [0.5, 0.6) is 0 Å². The Morgan fingerprint density at radius 3 is 2.75 bits per heavy atom. The van der Waals surface area contributed by atoms with Gasteiger partial charge in [-0.15, -0.1) is 0 Å². The molecular weight excluding hydrogens is 198 g/mol. The molecule has 86 valence electrons. The first-order valence-corrected chi connectivity index (χ1v) is 5.85. The van der Waals surface area contributed by atoms with E-state index in [0.717, 1.165) is 22.6 Å². The lowest BCUT2D eigenvalue weighted by Gasteiger charge is -2.24. The second-order valence-corrected chi connectivity index (χ2v) is 4.43. The maximum atomic E-state index is 5.99. The van der Waals surface area contributed by atoms with Crippen LogP contribution in [0.2, 0.25) is 0 Å². The van der Waals surface area contributed by atoms with Crippen LogP contribution in [0, 0.1) is 12.8 Å². The van der Waals surface area contributed by atoms with Crippen LogP contribution >= 0.6 is 0 Å². The average Bonchev–Trinajstić information content (AvgIpc) is 2.18. The van der Waals surface area contributed by atoms with E-state index in [1.54, 1.807) is 0 Å². The summed E-state index contributed by atoms with van der Waals surface area (Å²) < 4.78 is 0. The van der Waals surface area contributed by atoms with E-state index in [9.17, 15) is 0 Å². The molecule has 2 rings (SSSR count). The molecule has 0 spiro atoms. The summed E-state index contributed by atoms with van der Waals surface area (Å²) in [5, 5.41) is 0. The molecule has 1 fully saturated rings. The van der Waals surface area contributed by atoms with Crippen molar-refractivity contribution < 1.29 is 0 Å². The Morgan fingerprint density at radius 1 is 1.44 bits per heavy atom. The molecule has 1 aliphatic rings. The lowest BCUT2D eigenvalue weighted by Crippen LogP contribution is -2.28. The molecule has 0 aromatic heterocycles. The van der Waals surface area contributed by atoms with Crippen LogP contribution in [0.1, 0.15) is 30.4 Å². The Hall–Kier alpha value is -1.35. The van der Waals surface area contributed by atoms with E-state index in [-0.39, 0.29) is 0 Å². The van der Waals surface area contributed by atoms with Crippen LogP contribution in [-0.4, -0.2) is 5.84 Å². The van der Waals surface area contributed by atoms with Gasteiger partial charge in [0.25, 0.3) is 0 Å². The summed E-state index contributed by atoms with van der Waals surface area (Å²) in [5.41, 5.74) is 14.9. The van der Waals surface area contributed by atoms with Gasteiger partial charge in [0.1, 0.15) is 5.84 Å². The third kappa shape index (κ3) is 2.09. The molecule has 1 aliphatic carbocycles. The Labute approximate surface area is 96.6 Å². The molecule has 1 aromatic rings. The number of nitrogens with two attached hydrogens (primary N) is 2. The van der Waals surface area contributed by atoms with Crippen molar-refractivity contribution in [2.24, 2.45) is 22.4 Å². The van der Waals surface area contributed by atoms with Gasteiger partial charge < -0.3 is 11.5 Å². The molecule has 16 heavy (non-hydrogen) atoms. The minimum atomic E-state index is 0.501. The summed E-state index contributed by atoms with van der Waals surface area (Å²) in [6.07, 6.45) is 3.65. The van der Waals surface area contributed by atoms with Crippen LogP contribution < -0.4 is 11.5 Å². The average molecular weight is 217 g/mol. The minimum absolute atomic E-state index is 0.501. The maximum Gasteiger partial charge on any atom is 0.103 e. The van der Waals surface area contributed by atoms with Crippen molar-refractivity contribution in [2.75, 3.05) is 0 Å². The van der Waals surface area contributed by atoms with Crippen LogP contribution in [-0.2, 0) is 6.54 Å². The zero-order valence-corrected chi connectivity index (χ0v) is 9.74. The summed E-state index contributed by atoms with van der Waals surface area (Å²) in [4.78, 5) is 4.53. The fraction of sp³-hybridized carbons (Fsp3) is 0.462. The number of nitrogens with zero attached hydrogens (tertiary/aromatic N) is 1. The van der Waals surface area contributed by atoms with E-state index < -0.39 is 0 Å². The largest absolute Gasteiger partial charge is 0.387 e. The van der Waals surface area contributed by atoms with Crippen LogP contribution in [0.3, 0.4) is 0 Å². The Kier molecular flexibility index (Phi) is 3.25. The van der Waals surface area contributed by atoms with Gasteiger partial charge in [-0.3, -0.25) is 0 Å². The van der Waals surface area contributed by atoms with Crippen molar-refractivity contribution in [1.29, 1.82) is 0 Å². The first-order chi connectivity index (χ1) is 7.72. The lowest BCUT2D eigenvalue weighted by atomic mass is 9.84. The molecule has 0 heterocycles. The molecule has 0 amide bonds. The highest BCUT2D eigenvalue weighted by Gasteiger charge is 2.21. The number of hydrogen-bond donors (Lipinski definition) is 2. The van der Waals surface area contributed by atoms with Crippen molar-refractivity contribution in [3.05, 3.63) is 29.3 Å². The van der Waals surface area contributed by atoms with Gasteiger partial charge in [-0.1, -0.05) is 18.6 Å². The summed E-state index contributed by atoms with van der Waals surface area (Å²) in [5.74, 6) is 1.28. The van der Waals surface area contributed by atoms with Crippen LogP contribution in [0.25, 0.3) is 0 Å². The molecule has 3 heteroatoms. The number of benzene rings is 1. The second kappa shape index (κ2) is 4.66. The Bertz CT molecular complexity index is 406. The van der Waals surface area contributed by atoms with Crippen molar-refractivity contribution in [3.8, 4) is 0 Å². The van der Waals surface area contributed by atoms with E-state index in [4.69, 9.17) is 11.5 Å². The lowest BCUT2D eigenvalue weighted by molar-refractivity contribution is 0.411. The Balaban J connectivity index is 2.26. The first-order valence-electron chi connectivity index (χ1n) is 5.85. The monoisotopic (exact) mass is 217 g/mol. The third-order valence-electron chi connectivity index (χ3n) is 3.41. The fourth-order valence-corrected chi connectivity index (χ4v) is 1.95. The molecule has 0 aliphatic heterocycles. The van der Waals surface area contributed by atoms with Crippen LogP contribution in [0.15, 0.2) is 23.2 Å². The van der Waals surface area contributed by atoms with Crippen LogP contribution in [0.4, 0.5) is 5.69 Å². The van der Waals surface area contributed by atoms with Gasteiger partial charge in [-0.2, -0.15) is 0 Å². The summed E-state index contributed by atoms with van der Waals surface area (Å²) in [6.45, 7) is 2.60. The zero-order chi connectivity index (χ0) is 11.5. The molecule has 1 aromatic carbocycles. The SMILES string of the molecule is Cc1c(CN)cccc1N=C(N)C1CCC1. The molecular formula is C13H19N3. The molecule has 3 nitrogen and oxygen atoms in total. The van der Waals surface area contributed by atoms with Gasteiger partial charge in [0.2, 0.25) is 0 Å². The van der Waals surface area contributed by atoms with Gasteiger partial charge in [0, 0.05) is 12.5 Å². The number of hydrogen-bond acceptors (Lipinski definition) is 2. The quantitative estimate of drug-likeness (QED) is 0.602. The topological polar surface area (TPSA) is 64.4 Å². The first kappa shape index (κ1) is 11.1. The molecule has 0 atom stereocenters. The maximum absolute atomic E-state index is 5.99. The molecule has 0 radical (unpaired) electrons.